The molecule has 0 bridgehead atoms. The monoisotopic (exact) mass is 358 g/mol. The van der Waals surface area contributed by atoms with Crippen molar-refractivity contribution in [3.8, 4) is 0 Å². The Morgan fingerprint density at radius 3 is 2.76 bits per heavy atom. The predicted molar refractivity (Wildman–Crippen MR) is 95.3 cm³/mol. The molecule has 1 fully saturated rings. The minimum Gasteiger partial charge on any atom is -0.369 e. The van der Waals surface area contributed by atoms with Gasteiger partial charge in [-0.3, -0.25) is 14.4 Å². The molecule has 1 saturated heterocycles. The van der Waals surface area contributed by atoms with Gasteiger partial charge in [-0.15, -0.1) is 11.3 Å². The van der Waals surface area contributed by atoms with Crippen molar-refractivity contribution in [3.63, 3.8) is 0 Å². The fraction of sp³-hybridized carbons (Fsp3) is 0.294. The van der Waals surface area contributed by atoms with E-state index in [-0.39, 0.29) is 24.7 Å². The van der Waals surface area contributed by atoms with Gasteiger partial charge in [-0.25, -0.2) is 4.98 Å². The van der Waals surface area contributed by atoms with Gasteiger partial charge in [-0.2, -0.15) is 0 Å². The minimum absolute atomic E-state index is 0.0372. The van der Waals surface area contributed by atoms with E-state index in [0.29, 0.717) is 17.4 Å². The smallest absolute Gasteiger partial charge is 0.231 e. The lowest BCUT2D eigenvalue weighted by Gasteiger charge is -2.16. The zero-order chi connectivity index (χ0) is 18.0. The van der Waals surface area contributed by atoms with E-state index < -0.39 is 11.8 Å². The van der Waals surface area contributed by atoms with Crippen molar-refractivity contribution < 1.29 is 14.4 Å². The summed E-state index contributed by atoms with van der Waals surface area (Å²) < 4.78 is 0. The van der Waals surface area contributed by atoms with Gasteiger partial charge in [-0.05, 0) is 19.1 Å². The summed E-state index contributed by atoms with van der Waals surface area (Å²) >= 11 is 1.23. The number of aromatic nitrogens is 1. The topological polar surface area (TPSA) is 105 Å². The third-order valence-electron chi connectivity index (χ3n) is 3.98. The highest BCUT2D eigenvalue weighted by molar-refractivity contribution is 7.13. The first-order valence-corrected chi connectivity index (χ1v) is 8.71. The first-order chi connectivity index (χ1) is 11.9. The van der Waals surface area contributed by atoms with Gasteiger partial charge in [0.1, 0.15) is 0 Å². The fourth-order valence-corrected chi connectivity index (χ4v) is 3.40. The third-order valence-corrected chi connectivity index (χ3v) is 4.79. The van der Waals surface area contributed by atoms with Gasteiger partial charge in [0, 0.05) is 24.0 Å². The van der Waals surface area contributed by atoms with Crippen LogP contribution in [0.15, 0.2) is 29.6 Å². The lowest BCUT2D eigenvalue weighted by atomic mass is 10.1. The number of nitrogens with one attached hydrogen (secondary N) is 1. The largest absolute Gasteiger partial charge is 0.369 e. The van der Waals surface area contributed by atoms with Crippen LogP contribution in [0.5, 0.6) is 0 Å². The summed E-state index contributed by atoms with van der Waals surface area (Å²) in [6, 6.07) is 7.63. The number of hydrogen-bond donors (Lipinski definition) is 2. The van der Waals surface area contributed by atoms with Crippen LogP contribution in [0.3, 0.4) is 0 Å². The Morgan fingerprint density at radius 2 is 2.08 bits per heavy atom. The Bertz CT molecular complexity index is 816. The number of nitrogens with two attached hydrogens (primary N) is 1. The Hall–Kier alpha value is -2.74. The molecular formula is C17H18N4O3S. The summed E-state index contributed by atoms with van der Waals surface area (Å²) in [6.07, 6.45) is 0.203. The first kappa shape index (κ1) is 17.1. The van der Waals surface area contributed by atoms with Crippen molar-refractivity contribution in [1.82, 2.24) is 4.98 Å². The number of benzene rings is 1. The molecule has 25 heavy (non-hydrogen) atoms. The van der Waals surface area contributed by atoms with E-state index >= 15 is 0 Å². The van der Waals surface area contributed by atoms with E-state index in [9.17, 15) is 14.4 Å². The molecule has 0 radical (unpaired) electrons. The van der Waals surface area contributed by atoms with E-state index in [1.165, 1.54) is 11.3 Å². The number of aryl methyl sites for hydroxylation is 1. The van der Waals surface area contributed by atoms with Crippen LogP contribution in [0.4, 0.5) is 10.8 Å². The van der Waals surface area contributed by atoms with Crippen molar-refractivity contribution in [2.24, 2.45) is 11.7 Å². The summed E-state index contributed by atoms with van der Waals surface area (Å²) in [5, 5.41) is 4.80. The summed E-state index contributed by atoms with van der Waals surface area (Å²) in [5.74, 6) is -1.23. The Kier molecular flexibility index (Phi) is 4.80. The molecule has 1 aromatic heterocycles. The van der Waals surface area contributed by atoms with Gasteiger partial charge in [0.15, 0.2) is 5.13 Å². The van der Waals surface area contributed by atoms with Gasteiger partial charge in [0.05, 0.1) is 18.0 Å². The molecular weight excluding hydrogens is 340 g/mol. The molecule has 1 atom stereocenters. The molecule has 1 aliphatic heterocycles. The number of carbonyl (C=O) groups is 3. The molecule has 0 saturated carbocycles. The molecule has 0 aliphatic carbocycles. The van der Waals surface area contributed by atoms with Crippen LogP contribution in [0, 0.1) is 12.8 Å². The maximum Gasteiger partial charge on any atom is 0.231 e. The highest BCUT2D eigenvalue weighted by Crippen LogP contribution is 2.26. The molecule has 2 heterocycles. The average molecular weight is 358 g/mol. The minimum atomic E-state index is -0.474. The lowest BCUT2D eigenvalue weighted by molar-refractivity contribution is -0.122. The number of anilines is 2. The molecule has 7 nitrogen and oxygen atoms in total. The summed E-state index contributed by atoms with van der Waals surface area (Å²) in [7, 11) is 0. The van der Waals surface area contributed by atoms with E-state index in [0.717, 1.165) is 11.3 Å². The summed E-state index contributed by atoms with van der Waals surface area (Å²) in [5.41, 5.74) is 7.56. The van der Waals surface area contributed by atoms with E-state index in [1.807, 2.05) is 31.2 Å². The van der Waals surface area contributed by atoms with Crippen molar-refractivity contribution in [2.45, 2.75) is 19.8 Å². The van der Waals surface area contributed by atoms with E-state index in [4.69, 9.17) is 5.73 Å². The number of carbonyl (C=O) groups excluding carboxylic acids is 3. The molecule has 3 amide bonds. The zero-order valence-corrected chi connectivity index (χ0v) is 14.5. The number of nitrogens with zero attached hydrogens (tertiary/aromatic N) is 2. The molecule has 1 aromatic carbocycles. The maximum absolute atomic E-state index is 12.4. The van der Waals surface area contributed by atoms with Crippen LogP contribution >= 0.6 is 11.3 Å². The van der Waals surface area contributed by atoms with Crippen LogP contribution in [0.1, 0.15) is 17.7 Å². The van der Waals surface area contributed by atoms with E-state index in [2.05, 4.69) is 10.3 Å². The van der Waals surface area contributed by atoms with E-state index in [1.54, 1.807) is 10.3 Å². The molecule has 1 aliphatic rings. The summed E-state index contributed by atoms with van der Waals surface area (Å²) in [4.78, 5) is 41.3. The van der Waals surface area contributed by atoms with Crippen molar-refractivity contribution in [2.75, 3.05) is 16.8 Å². The molecule has 130 valence electrons. The normalized spacial score (nSPS) is 16.9. The Labute approximate surface area is 148 Å². The second-order valence-corrected chi connectivity index (χ2v) is 6.88. The number of amides is 3. The standard InChI is InChI=1S/C17H18N4O3S/c1-10-2-4-13(5-3-10)21-8-11(6-15(21)23)16(24)20-17-19-12(9-25-17)7-14(18)22/h2-5,9,11H,6-8H2,1H3,(H2,18,22)(H,19,20,24)/t11-/m0/s1. The maximum atomic E-state index is 12.4. The number of primary amides is 1. The highest BCUT2D eigenvalue weighted by Gasteiger charge is 2.35. The third kappa shape index (κ3) is 4.03. The van der Waals surface area contributed by atoms with Crippen LogP contribution in [0.25, 0.3) is 0 Å². The molecule has 2 aromatic rings. The highest BCUT2D eigenvalue weighted by atomic mass is 32.1. The van der Waals surface area contributed by atoms with Crippen LogP contribution < -0.4 is 16.0 Å². The zero-order valence-electron chi connectivity index (χ0n) is 13.7. The van der Waals surface area contributed by atoms with Gasteiger partial charge >= 0.3 is 0 Å². The van der Waals surface area contributed by atoms with Gasteiger partial charge in [0.25, 0.3) is 0 Å². The fourth-order valence-electron chi connectivity index (χ4n) is 2.69. The first-order valence-electron chi connectivity index (χ1n) is 7.83. The molecule has 3 N–H and O–H groups in total. The lowest BCUT2D eigenvalue weighted by Crippen LogP contribution is -2.28. The quantitative estimate of drug-likeness (QED) is 0.844. The second kappa shape index (κ2) is 7.02. The predicted octanol–water partition coefficient (Wildman–Crippen LogP) is 1.47. The number of hydrogen-bond acceptors (Lipinski definition) is 5. The molecule has 0 unspecified atom stereocenters. The molecule has 8 heteroatoms. The van der Waals surface area contributed by atoms with Gasteiger partial charge in [-0.1, -0.05) is 17.7 Å². The number of thiazole rings is 1. The SMILES string of the molecule is Cc1ccc(N2C[C@@H](C(=O)Nc3nc(CC(N)=O)cs3)CC2=O)cc1. The molecule has 0 spiro atoms. The van der Waals surface area contributed by atoms with Crippen LogP contribution in [-0.2, 0) is 20.8 Å². The summed E-state index contributed by atoms with van der Waals surface area (Å²) in [6.45, 7) is 2.32. The Balaban J connectivity index is 1.63. The van der Waals surface area contributed by atoms with Crippen LogP contribution in [0.2, 0.25) is 0 Å². The van der Waals surface area contributed by atoms with Crippen molar-refractivity contribution in [1.29, 1.82) is 0 Å². The average Bonchev–Trinajstić information content (AvgIpc) is 3.14. The second-order valence-electron chi connectivity index (χ2n) is 6.02. The van der Waals surface area contributed by atoms with Crippen molar-refractivity contribution >= 4 is 39.9 Å². The molecule has 3 rings (SSSR count). The van der Waals surface area contributed by atoms with Crippen LogP contribution in [-0.4, -0.2) is 29.3 Å². The Morgan fingerprint density at radius 1 is 1.36 bits per heavy atom. The van der Waals surface area contributed by atoms with Crippen molar-refractivity contribution in [3.05, 3.63) is 40.9 Å². The van der Waals surface area contributed by atoms with Gasteiger partial charge < -0.3 is 16.0 Å². The number of rotatable bonds is 5. The van der Waals surface area contributed by atoms with Gasteiger partial charge in [0.2, 0.25) is 17.7 Å².